The number of nitrogens with one attached hydrogen (secondary N) is 1. The number of hydrazine groups is 1. The number of carbonyl (C=O) groups is 1. The molecular weight excluding hydrogens is 324 g/mol. The maximum atomic E-state index is 12.2. The Labute approximate surface area is 144 Å². The van der Waals surface area contributed by atoms with Crippen LogP contribution in [0, 0.1) is 0 Å². The van der Waals surface area contributed by atoms with Crippen molar-refractivity contribution in [1.82, 2.24) is 20.2 Å². The molecule has 1 N–H and O–H groups in total. The van der Waals surface area contributed by atoms with Gasteiger partial charge in [-0.1, -0.05) is 6.07 Å². The number of fused-ring (bicyclic) bond motifs is 1. The average molecular weight is 344 g/mol. The smallest absolute Gasteiger partial charge is 0.241 e. The van der Waals surface area contributed by atoms with Gasteiger partial charge >= 0.3 is 0 Å². The van der Waals surface area contributed by atoms with Crippen LogP contribution >= 0.6 is 11.3 Å². The lowest BCUT2D eigenvalue weighted by Crippen LogP contribution is -2.45. The molecule has 1 aromatic heterocycles. The Morgan fingerprint density at radius 2 is 2.21 bits per heavy atom. The second-order valence-electron chi connectivity index (χ2n) is 5.99. The Morgan fingerprint density at radius 1 is 1.38 bits per heavy atom. The first-order valence-electron chi connectivity index (χ1n) is 8.15. The van der Waals surface area contributed by atoms with E-state index in [1.165, 1.54) is 0 Å². The Morgan fingerprint density at radius 3 is 2.96 bits per heavy atom. The van der Waals surface area contributed by atoms with E-state index in [9.17, 15) is 4.79 Å². The molecule has 4 heterocycles. The summed E-state index contributed by atoms with van der Waals surface area (Å²) in [4.78, 5) is 15.3. The molecule has 0 saturated carbocycles. The van der Waals surface area contributed by atoms with Crippen molar-refractivity contribution in [3.05, 3.63) is 46.2 Å². The van der Waals surface area contributed by atoms with E-state index < -0.39 is 0 Å². The van der Waals surface area contributed by atoms with E-state index in [1.807, 2.05) is 45.6 Å². The standard InChI is InChI=1S/C16H20N6OS/c1-20-13(17-11-15(23)21-8-2-3-9-21)6-7-14-18-19-16(22(14)20)12-5-4-10-24-12/h4-7,10,16-17H,2-3,8-9,11H2,1H3. The fraction of sp³-hybridized carbons (Fsp3) is 0.438. The molecule has 1 atom stereocenters. The topological polar surface area (TPSA) is 63.5 Å². The van der Waals surface area contributed by atoms with Gasteiger partial charge in [0.05, 0.1) is 11.4 Å². The van der Waals surface area contributed by atoms with Crippen LogP contribution in [0.3, 0.4) is 0 Å². The zero-order chi connectivity index (χ0) is 16.5. The Balaban J connectivity index is 1.44. The molecule has 4 rings (SSSR count). The number of hydrogen-bond donors (Lipinski definition) is 1. The lowest BCUT2D eigenvalue weighted by molar-refractivity contribution is -0.129. The van der Waals surface area contributed by atoms with Crippen LogP contribution in [0.5, 0.6) is 0 Å². The Bertz CT molecular complexity index is 704. The van der Waals surface area contributed by atoms with Gasteiger partial charge in [0.1, 0.15) is 5.82 Å². The summed E-state index contributed by atoms with van der Waals surface area (Å²) in [5.74, 6) is 1.84. The van der Waals surface area contributed by atoms with Gasteiger partial charge in [-0.2, -0.15) is 5.11 Å². The van der Waals surface area contributed by atoms with Gasteiger partial charge in [0.25, 0.3) is 0 Å². The largest absolute Gasteiger partial charge is 0.361 e. The molecule has 1 unspecified atom stereocenters. The van der Waals surface area contributed by atoms with Gasteiger partial charge in [-0.15, -0.1) is 16.5 Å². The van der Waals surface area contributed by atoms with E-state index in [2.05, 4.69) is 21.6 Å². The highest BCUT2D eigenvalue weighted by Crippen LogP contribution is 2.38. The van der Waals surface area contributed by atoms with Gasteiger partial charge in [-0.05, 0) is 36.4 Å². The van der Waals surface area contributed by atoms with Gasteiger partial charge in [0.15, 0.2) is 12.0 Å². The average Bonchev–Trinajstić information content (AvgIpc) is 3.32. The van der Waals surface area contributed by atoms with Gasteiger partial charge < -0.3 is 10.2 Å². The maximum absolute atomic E-state index is 12.2. The van der Waals surface area contributed by atoms with E-state index in [1.54, 1.807) is 11.3 Å². The molecule has 1 fully saturated rings. The van der Waals surface area contributed by atoms with Crippen LogP contribution in [0.25, 0.3) is 0 Å². The van der Waals surface area contributed by atoms with E-state index in [0.717, 1.165) is 42.5 Å². The van der Waals surface area contributed by atoms with Crippen molar-refractivity contribution in [3.8, 4) is 0 Å². The van der Waals surface area contributed by atoms with Crippen LogP contribution in [0.4, 0.5) is 0 Å². The summed E-state index contributed by atoms with van der Waals surface area (Å²) in [6, 6.07) is 4.08. The molecule has 7 nitrogen and oxygen atoms in total. The second kappa shape index (κ2) is 6.27. The minimum atomic E-state index is -0.138. The second-order valence-corrected chi connectivity index (χ2v) is 6.97. The first-order chi connectivity index (χ1) is 11.7. The highest BCUT2D eigenvalue weighted by atomic mass is 32.1. The normalized spacial score (nSPS) is 22.5. The van der Waals surface area contributed by atoms with Crippen molar-refractivity contribution in [2.75, 3.05) is 26.7 Å². The molecule has 24 heavy (non-hydrogen) atoms. The molecular formula is C16H20N6OS. The molecule has 1 amide bonds. The van der Waals surface area contributed by atoms with Crippen LogP contribution in [0.2, 0.25) is 0 Å². The quantitative estimate of drug-likeness (QED) is 0.910. The number of hydrogen-bond acceptors (Lipinski definition) is 7. The molecule has 0 bridgehead atoms. The molecule has 0 radical (unpaired) electrons. The van der Waals surface area contributed by atoms with Crippen molar-refractivity contribution < 1.29 is 4.79 Å². The summed E-state index contributed by atoms with van der Waals surface area (Å²) in [7, 11) is 1.96. The molecule has 8 heteroatoms. The highest BCUT2D eigenvalue weighted by Gasteiger charge is 2.34. The predicted octanol–water partition coefficient (Wildman–Crippen LogP) is 2.27. The summed E-state index contributed by atoms with van der Waals surface area (Å²) in [6.07, 6.45) is 5.96. The van der Waals surface area contributed by atoms with E-state index in [-0.39, 0.29) is 12.1 Å². The minimum Gasteiger partial charge on any atom is -0.361 e. The number of azo groups is 1. The third-order valence-electron chi connectivity index (χ3n) is 4.48. The maximum Gasteiger partial charge on any atom is 0.241 e. The van der Waals surface area contributed by atoms with Crippen LogP contribution in [0.1, 0.15) is 23.9 Å². The number of carbonyl (C=O) groups excluding carboxylic acids is 1. The van der Waals surface area contributed by atoms with Crippen molar-refractivity contribution >= 4 is 17.2 Å². The fourth-order valence-electron chi connectivity index (χ4n) is 3.17. The summed E-state index contributed by atoms with van der Waals surface area (Å²) < 4.78 is 0. The minimum absolute atomic E-state index is 0.138. The Hall–Kier alpha value is -2.35. The van der Waals surface area contributed by atoms with Gasteiger partial charge in [-0.3, -0.25) is 9.80 Å². The molecule has 1 saturated heterocycles. The van der Waals surface area contributed by atoms with E-state index in [4.69, 9.17) is 0 Å². The molecule has 0 aliphatic carbocycles. The van der Waals surface area contributed by atoms with Crippen molar-refractivity contribution in [2.24, 2.45) is 10.2 Å². The third-order valence-corrected chi connectivity index (χ3v) is 5.39. The number of likely N-dealkylation sites (tertiary alicyclic amines) is 1. The van der Waals surface area contributed by atoms with Crippen molar-refractivity contribution in [1.29, 1.82) is 0 Å². The van der Waals surface area contributed by atoms with Gasteiger partial charge in [0.2, 0.25) is 5.91 Å². The summed E-state index contributed by atoms with van der Waals surface area (Å²) >= 11 is 1.66. The van der Waals surface area contributed by atoms with Crippen molar-refractivity contribution in [3.63, 3.8) is 0 Å². The van der Waals surface area contributed by atoms with Gasteiger partial charge in [0, 0.05) is 20.1 Å². The lowest BCUT2D eigenvalue weighted by atomic mass is 10.3. The van der Waals surface area contributed by atoms with E-state index >= 15 is 0 Å². The van der Waals surface area contributed by atoms with E-state index in [0.29, 0.717) is 6.54 Å². The molecule has 3 aliphatic heterocycles. The SMILES string of the molecule is CN1C(NCC(=O)N2CCCC2)=CC=C2N=NC(c3cccs3)N21. The van der Waals surface area contributed by atoms with Crippen LogP contribution < -0.4 is 5.32 Å². The highest BCUT2D eigenvalue weighted by molar-refractivity contribution is 7.10. The zero-order valence-electron chi connectivity index (χ0n) is 13.6. The molecule has 0 spiro atoms. The lowest BCUT2D eigenvalue weighted by Gasteiger charge is -2.37. The van der Waals surface area contributed by atoms with Crippen LogP contribution in [-0.2, 0) is 4.79 Å². The van der Waals surface area contributed by atoms with Crippen LogP contribution in [0.15, 0.2) is 51.5 Å². The molecule has 3 aliphatic rings. The number of amides is 1. The first kappa shape index (κ1) is 15.2. The zero-order valence-corrected chi connectivity index (χ0v) is 14.4. The molecule has 126 valence electrons. The monoisotopic (exact) mass is 344 g/mol. The van der Waals surface area contributed by atoms with Gasteiger partial charge in [-0.25, -0.2) is 5.01 Å². The molecule has 0 aromatic carbocycles. The van der Waals surface area contributed by atoms with Crippen molar-refractivity contribution in [2.45, 2.75) is 19.0 Å². The Kier molecular flexibility index (Phi) is 3.97. The number of allylic oxidation sites excluding steroid dienone is 2. The number of nitrogens with zero attached hydrogens (tertiary/aromatic N) is 5. The predicted molar refractivity (Wildman–Crippen MR) is 91.5 cm³/mol. The molecule has 1 aromatic rings. The fourth-order valence-corrected chi connectivity index (χ4v) is 3.91. The first-order valence-corrected chi connectivity index (χ1v) is 9.03. The summed E-state index contributed by atoms with van der Waals surface area (Å²) in [5, 5.41) is 18.0. The number of thiophene rings is 1. The number of rotatable bonds is 4. The van der Waals surface area contributed by atoms with Crippen LogP contribution in [-0.4, -0.2) is 47.5 Å². The summed E-state index contributed by atoms with van der Waals surface area (Å²) in [6.45, 7) is 2.07. The third kappa shape index (κ3) is 2.66. The summed E-state index contributed by atoms with van der Waals surface area (Å²) in [5.41, 5.74) is 0.